The molecule has 5 nitrogen and oxygen atoms in total. The average Bonchev–Trinajstić information content (AvgIpc) is 2.47. The van der Waals surface area contributed by atoms with E-state index in [-0.39, 0.29) is 5.91 Å². The van der Waals surface area contributed by atoms with Crippen LogP contribution in [0.5, 0.6) is 0 Å². The highest BCUT2D eigenvalue weighted by atomic mass is 16.1. The largest absolute Gasteiger partial charge is 0.311 e. The summed E-state index contributed by atoms with van der Waals surface area (Å²) >= 11 is 0. The summed E-state index contributed by atoms with van der Waals surface area (Å²) in [7, 11) is 0. The molecule has 0 aliphatic carbocycles. The molecule has 1 N–H and O–H groups in total. The molecule has 5 heteroatoms. The molecule has 19 heavy (non-hydrogen) atoms. The van der Waals surface area contributed by atoms with Gasteiger partial charge in [0.05, 0.1) is 5.56 Å². The van der Waals surface area contributed by atoms with Crippen LogP contribution in [0.4, 0.5) is 5.82 Å². The Bertz CT molecular complexity index is 587. The van der Waals surface area contributed by atoms with E-state index in [1.807, 2.05) is 24.3 Å². The van der Waals surface area contributed by atoms with E-state index in [0.29, 0.717) is 24.2 Å². The number of aryl methyl sites for hydroxylation is 1. The highest BCUT2D eigenvalue weighted by Gasteiger charge is 2.04. The quantitative estimate of drug-likeness (QED) is 0.901. The van der Waals surface area contributed by atoms with Crippen LogP contribution in [-0.4, -0.2) is 15.9 Å². The molecule has 2 aromatic heterocycles. The highest BCUT2D eigenvalue weighted by molar-refractivity contribution is 5.89. The van der Waals surface area contributed by atoms with Gasteiger partial charge in [0, 0.05) is 24.5 Å². The summed E-state index contributed by atoms with van der Waals surface area (Å²) in [6.45, 7) is 0. The lowest BCUT2D eigenvalue weighted by Crippen LogP contribution is -2.13. The predicted octanol–water partition coefficient (Wildman–Crippen LogP) is 1.92. The Morgan fingerprint density at radius 3 is 2.79 bits per heavy atom. The smallest absolute Gasteiger partial charge is 0.225 e. The van der Waals surface area contributed by atoms with Crippen LogP contribution in [0.3, 0.4) is 0 Å². The van der Waals surface area contributed by atoms with Crippen LogP contribution in [0.1, 0.15) is 17.7 Å². The van der Waals surface area contributed by atoms with Crippen LogP contribution in [-0.2, 0) is 11.2 Å². The number of anilines is 1. The van der Waals surface area contributed by atoms with E-state index in [9.17, 15) is 4.79 Å². The van der Waals surface area contributed by atoms with Crippen LogP contribution in [0, 0.1) is 11.3 Å². The molecule has 0 fully saturated rings. The number of amides is 1. The Labute approximate surface area is 110 Å². The van der Waals surface area contributed by atoms with E-state index in [1.54, 1.807) is 18.3 Å². The van der Waals surface area contributed by atoms with E-state index in [0.717, 1.165) is 5.69 Å². The Kier molecular flexibility index (Phi) is 4.19. The molecule has 0 unspecified atom stereocenters. The first kappa shape index (κ1) is 12.7. The van der Waals surface area contributed by atoms with E-state index in [4.69, 9.17) is 5.26 Å². The number of carbonyl (C=O) groups excluding carboxylic acids is 1. The maximum Gasteiger partial charge on any atom is 0.225 e. The van der Waals surface area contributed by atoms with Crippen LogP contribution in [0.25, 0.3) is 0 Å². The Hall–Kier alpha value is -2.74. The monoisotopic (exact) mass is 252 g/mol. The van der Waals surface area contributed by atoms with Gasteiger partial charge in [-0.15, -0.1) is 0 Å². The molecule has 0 radical (unpaired) electrons. The minimum absolute atomic E-state index is 0.122. The molecule has 0 aromatic carbocycles. The molecule has 0 spiro atoms. The molecule has 94 valence electrons. The molecule has 0 saturated carbocycles. The van der Waals surface area contributed by atoms with Crippen molar-refractivity contribution in [2.24, 2.45) is 0 Å². The van der Waals surface area contributed by atoms with Crippen molar-refractivity contribution < 1.29 is 4.79 Å². The number of aromatic nitrogens is 2. The molecule has 0 aliphatic rings. The summed E-state index contributed by atoms with van der Waals surface area (Å²) < 4.78 is 0. The van der Waals surface area contributed by atoms with Crippen LogP contribution in [0.2, 0.25) is 0 Å². The molecular weight excluding hydrogens is 240 g/mol. The van der Waals surface area contributed by atoms with Crippen LogP contribution >= 0.6 is 0 Å². The van der Waals surface area contributed by atoms with Crippen molar-refractivity contribution in [2.75, 3.05) is 5.32 Å². The van der Waals surface area contributed by atoms with Crippen molar-refractivity contribution in [3.63, 3.8) is 0 Å². The van der Waals surface area contributed by atoms with Crippen molar-refractivity contribution in [1.82, 2.24) is 9.97 Å². The summed E-state index contributed by atoms with van der Waals surface area (Å²) in [4.78, 5) is 19.8. The van der Waals surface area contributed by atoms with Crippen LogP contribution < -0.4 is 5.32 Å². The van der Waals surface area contributed by atoms with Crippen molar-refractivity contribution in [3.8, 4) is 6.07 Å². The molecule has 0 saturated heterocycles. The summed E-state index contributed by atoms with van der Waals surface area (Å²) in [5, 5.41) is 11.3. The minimum atomic E-state index is -0.122. The number of hydrogen-bond donors (Lipinski definition) is 1. The van der Waals surface area contributed by atoms with Gasteiger partial charge in [0.1, 0.15) is 11.9 Å². The van der Waals surface area contributed by atoms with Gasteiger partial charge in [-0.25, -0.2) is 4.98 Å². The molecule has 2 rings (SSSR count). The number of nitrogens with one attached hydrogen (secondary N) is 1. The number of hydrogen-bond acceptors (Lipinski definition) is 4. The standard InChI is InChI=1S/C14H12N4O/c15-9-11-4-6-13(17-10-11)18-14(19)7-5-12-3-1-2-8-16-12/h1-4,6,8,10H,5,7H2,(H,17,18,19). The van der Waals surface area contributed by atoms with Crippen molar-refractivity contribution in [2.45, 2.75) is 12.8 Å². The van der Waals surface area contributed by atoms with Gasteiger partial charge < -0.3 is 5.32 Å². The van der Waals surface area contributed by atoms with Crippen molar-refractivity contribution in [3.05, 3.63) is 54.0 Å². The second-order valence-corrected chi connectivity index (χ2v) is 3.91. The third-order valence-corrected chi connectivity index (χ3v) is 2.49. The van der Waals surface area contributed by atoms with E-state index in [2.05, 4.69) is 15.3 Å². The van der Waals surface area contributed by atoms with Gasteiger partial charge in [-0.2, -0.15) is 5.26 Å². The van der Waals surface area contributed by atoms with Gasteiger partial charge in [-0.05, 0) is 30.7 Å². The molecular formula is C14H12N4O. The van der Waals surface area contributed by atoms with E-state index >= 15 is 0 Å². The van der Waals surface area contributed by atoms with E-state index < -0.39 is 0 Å². The van der Waals surface area contributed by atoms with Crippen LogP contribution in [0.15, 0.2) is 42.7 Å². The number of nitrogens with zero attached hydrogens (tertiary/aromatic N) is 3. The second-order valence-electron chi connectivity index (χ2n) is 3.91. The van der Waals surface area contributed by atoms with Gasteiger partial charge in [0.25, 0.3) is 0 Å². The predicted molar refractivity (Wildman–Crippen MR) is 70.1 cm³/mol. The van der Waals surface area contributed by atoms with E-state index in [1.165, 1.54) is 6.20 Å². The normalized spacial score (nSPS) is 9.63. The maximum absolute atomic E-state index is 11.7. The third kappa shape index (κ3) is 3.89. The van der Waals surface area contributed by atoms with Crippen molar-refractivity contribution >= 4 is 11.7 Å². The lowest BCUT2D eigenvalue weighted by Gasteiger charge is -2.04. The second kappa shape index (κ2) is 6.26. The fraction of sp³-hybridized carbons (Fsp3) is 0.143. The Morgan fingerprint density at radius 1 is 1.26 bits per heavy atom. The number of nitriles is 1. The molecule has 0 aliphatic heterocycles. The number of pyridine rings is 2. The zero-order chi connectivity index (χ0) is 13.5. The fourth-order valence-electron chi connectivity index (χ4n) is 1.53. The molecule has 2 heterocycles. The summed E-state index contributed by atoms with van der Waals surface area (Å²) in [5.74, 6) is 0.327. The third-order valence-electron chi connectivity index (χ3n) is 2.49. The van der Waals surface area contributed by atoms with Gasteiger partial charge in [-0.1, -0.05) is 6.07 Å². The SMILES string of the molecule is N#Cc1ccc(NC(=O)CCc2ccccn2)nc1. The fourth-order valence-corrected chi connectivity index (χ4v) is 1.53. The van der Waals surface area contributed by atoms with Gasteiger partial charge in [0.2, 0.25) is 5.91 Å². The Balaban J connectivity index is 1.86. The first-order valence-corrected chi connectivity index (χ1v) is 5.84. The average molecular weight is 252 g/mol. The molecule has 0 bridgehead atoms. The van der Waals surface area contributed by atoms with Crippen molar-refractivity contribution in [1.29, 1.82) is 5.26 Å². The number of carbonyl (C=O) groups is 1. The Morgan fingerprint density at radius 2 is 2.16 bits per heavy atom. The molecule has 2 aromatic rings. The summed E-state index contributed by atoms with van der Waals surface area (Å²) in [6, 6.07) is 10.8. The lowest BCUT2D eigenvalue weighted by atomic mass is 10.2. The van der Waals surface area contributed by atoms with Gasteiger partial charge in [0.15, 0.2) is 0 Å². The number of rotatable bonds is 4. The maximum atomic E-state index is 11.7. The summed E-state index contributed by atoms with van der Waals surface area (Å²) in [6.07, 6.45) is 4.06. The zero-order valence-electron chi connectivity index (χ0n) is 10.2. The zero-order valence-corrected chi connectivity index (χ0v) is 10.2. The minimum Gasteiger partial charge on any atom is -0.311 e. The highest BCUT2D eigenvalue weighted by Crippen LogP contribution is 2.05. The first-order valence-electron chi connectivity index (χ1n) is 5.84. The lowest BCUT2D eigenvalue weighted by molar-refractivity contribution is -0.116. The summed E-state index contributed by atoms with van der Waals surface area (Å²) in [5.41, 5.74) is 1.34. The topological polar surface area (TPSA) is 78.7 Å². The molecule has 1 amide bonds. The van der Waals surface area contributed by atoms with Gasteiger partial charge >= 0.3 is 0 Å². The molecule has 0 atom stereocenters. The first-order chi connectivity index (χ1) is 9.28. The van der Waals surface area contributed by atoms with Gasteiger partial charge in [-0.3, -0.25) is 9.78 Å².